The van der Waals surface area contributed by atoms with Gasteiger partial charge in [-0.2, -0.15) is 0 Å². The summed E-state index contributed by atoms with van der Waals surface area (Å²) in [6.07, 6.45) is 0.701. The third kappa shape index (κ3) is 2.48. The zero-order valence-corrected chi connectivity index (χ0v) is 13.0. The number of pyridine rings is 1. The Bertz CT molecular complexity index is 1150. The van der Waals surface area contributed by atoms with Crippen molar-refractivity contribution in [3.05, 3.63) is 69.0 Å². The molecule has 0 saturated carbocycles. The number of phenolic OH excluding ortho intramolecular Hbond substituents is 1. The summed E-state index contributed by atoms with van der Waals surface area (Å²) in [5.41, 5.74) is -3.20. The van der Waals surface area contributed by atoms with Crippen LogP contribution in [0, 0.1) is 30.2 Å². The number of carboxylic acid groups (broad SMARTS) is 1. The van der Waals surface area contributed by atoms with Crippen LogP contribution >= 0.6 is 0 Å². The summed E-state index contributed by atoms with van der Waals surface area (Å²) in [7, 11) is 0. The SMILES string of the molecule is Cc1c(F)c(F)cc2c(=O)c(C(=O)O)cn(-c3cc(O)c(F)cc3F)c12. The second-order valence-electron chi connectivity index (χ2n) is 5.50. The van der Waals surface area contributed by atoms with Crippen LogP contribution < -0.4 is 5.43 Å². The fourth-order valence-electron chi connectivity index (χ4n) is 2.68. The molecule has 0 spiro atoms. The van der Waals surface area contributed by atoms with Gasteiger partial charge in [-0.05, 0) is 13.0 Å². The van der Waals surface area contributed by atoms with E-state index in [-0.39, 0.29) is 5.52 Å². The number of benzene rings is 2. The number of fused-ring (bicyclic) bond motifs is 1. The highest BCUT2D eigenvalue weighted by atomic mass is 19.2. The number of hydrogen-bond acceptors (Lipinski definition) is 3. The predicted octanol–water partition coefficient (Wildman–Crippen LogP) is 3.26. The van der Waals surface area contributed by atoms with Crippen LogP contribution in [0.25, 0.3) is 16.6 Å². The van der Waals surface area contributed by atoms with Gasteiger partial charge in [0.1, 0.15) is 11.4 Å². The number of phenols is 1. The van der Waals surface area contributed by atoms with Gasteiger partial charge in [-0.1, -0.05) is 0 Å². The van der Waals surface area contributed by atoms with Gasteiger partial charge < -0.3 is 14.8 Å². The molecule has 3 aromatic rings. The molecule has 0 aliphatic carbocycles. The van der Waals surface area contributed by atoms with E-state index >= 15 is 0 Å². The van der Waals surface area contributed by atoms with Gasteiger partial charge >= 0.3 is 5.97 Å². The average Bonchev–Trinajstić information content (AvgIpc) is 2.57. The molecule has 0 aliphatic heterocycles. The Morgan fingerprint density at radius 1 is 1.04 bits per heavy atom. The second-order valence-corrected chi connectivity index (χ2v) is 5.50. The van der Waals surface area contributed by atoms with Gasteiger partial charge in [0.25, 0.3) is 0 Å². The molecule has 0 amide bonds. The van der Waals surface area contributed by atoms with Crippen molar-refractivity contribution >= 4 is 16.9 Å². The van der Waals surface area contributed by atoms with E-state index in [0.717, 1.165) is 11.5 Å². The largest absolute Gasteiger partial charge is 0.505 e. The highest BCUT2D eigenvalue weighted by Gasteiger charge is 2.22. The maximum absolute atomic E-state index is 14.2. The molecule has 26 heavy (non-hydrogen) atoms. The molecule has 9 heteroatoms. The minimum atomic E-state index is -1.68. The summed E-state index contributed by atoms with van der Waals surface area (Å²) in [4.78, 5) is 23.6. The lowest BCUT2D eigenvalue weighted by Crippen LogP contribution is -2.20. The number of halogens is 4. The summed E-state index contributed by atoms with van der Waals surface area (Å²) in [6, 6.07) is 1.48. The van der Waals surface area contributed by atoms with E-state index in [1.807, 2.05) is 0 Å². The first kappa shape index (κ1) is 17.5. The first-order valence-corrected chi connectivity index (χ1v) is 7.09. The van der Waals surface area contributed by atoms with Crippen LogP contribution in [0.5, 0.6) is 5.75 Å². The minimum Gasteiger partial charge on any atom is -0.505 e. The highest BCUT2D eigenvalue weighted by Crippen LogP contribution is 2.29. The fourth-order valence-corrected chi connectivity index (χ4v) is 2.68. The van der Waals surface area contributed by atoms with Gasteiger partial charge in [0.2, 0.25) is 5.43 Å². The molecule has 0 bridgehead atoms. The van der Waals surface area contributed by atoms with Crippen molar-refractivity contribution in [2.24, 2.45) is 0 Å². The van der Waals surface area contributed by atoms with Gasteiger partial charge in [0.05, 0.1) is 16.6 Å². The lowest BCUT2D eigenvalue weighted by molar-refractivity contribution is 0.0695. The molecule has 3 rings (SSSR count). The molecule has 0 unspecified atom stereocenters. The Hall–Kier alpha value is -3.36. The average molecular weight is 367 g/mol. The van der Waals surface area contributed by atoms with E-state index in [4.69, 9.17) is 0 Å². The first-order valence-electron chi connectivity index (χ1n) is 7.09. The number of aromatic hydroxyl groups is 1. The van der Waals surface area contributed by atoms with Crippen molar-refractivity contribution in [1.29, 1.82) is 0 Å². The number of carbonyl (C=O) groups is 1. The van der Waals surface area contributed by atoms with Crippen molar-refractivity contribution in [2.45, 2.75) is 6.92 Å². The third-order valence-electron chi connectivity index (χ3n) is 3.91. The molecule has 5 nitrogen and oxygen atoms in total. The van der Waals surface area contributed by atoms with E-state index in [0.29, 0.717) is 24.4 Å². The van der Waals surface area contributed by atoms with Crippen molar-refractivity contribution in [3.8, 4) is 11.4 Å². The van der Waals surface area contributed by atoms with Crippen LogP contribution in [0.1, 0.15) is 15.9 Å². The Balaban J connectivity index is 2.59. The molecular weight excluding hydrogens is 358 g/mol. The normalized spacial score (nSPS) is 11.1. The lowest BCUT2D eigenvalue weighted by atomic mass is 10.1. The molecule has 0 radical (unpaired) electrons. The molecule has 0 atom stereocenters. The van der Waals surface area contributed by atoms with E-state index in [2.05, 4.69) is 0 Å². The molecule has 1 heterocycles. The maximum atomic E-state index is 14.2. The third-order valence-corrected chi connectivity index (χ3v) is 3.91. The highest BCUT2D eigenvalue weighted by molar-refractivity contribution is 5.94. The lowest BCUT2D eigenvalue weighted by Gasteiger charge is -2.16. The number of aromatic carboxylic acids is 1. The van der Waals surface area contributed by atoms with Crippen molar-refractivity contribution in [3.63, 3.8) is 0 Å². The molecule has 2 aromatic carbocycles. The standard InChI is InChI=1S/C17H9F4NO4/c1-6-14(21)11(20)2-7-15(6)22(5-8(16(7)24)17(25)26)12-4-13(23)10(19)3-9(12)18/h2-5,23H,1H3,(H,25,26). The first-order chi connectivity index (χ1) is 12.1. The Morgan fingerprint density at radius 2 is 1.69 bits per heavy atom. The monoisotopic (exact) mass is 367 g/mol. The van der Waals surface area contributed by atoms with Gasteiger partial charge in [-0.15, -0.1) is 0 Å². The molecule has 2 N–H and O–H groups in total. The van der Waals surface area contributed by atoms with E-state index in [9.17, 15) is 37.4 Å². The van der Waals surface area contributed by atoms with E-state index < -0.39 is 62.6 Å². The van der Waals surface area contributed by atoms with E-state index in [1.165, 1.54) is 0 Å². The summed E-state index contributed by atoms with van der Waals surface area (Å²) in [5, 5.41) is 18.2. The van der Waals surface area contributed by atoms with Crippen LogP contribution in [0.4, 0.5) is 17.6 Å². The molecule has 0 saturated heterocycles. The van der Waals surface area contributed by atoms with Crippen molar-refractivity contribution in [2.75, 3.05) is 0 Å². The molecule has 1 aromatic heterocycles. The summed E-state index contributed by atoms with van der Waals surface area (Å²) < 4.78 is 56.0. The molecular formula is C17H9F4NO4. The van der Waals surface area contributed by atoms with Crippen LogP contribution in [0.2, 0.25) is 0 Å². The second kappa shape index (κ2) is 5.87. The van der Waals surface area contributed by atoms with Crippen LogP contribution in [-0.2, 0) is 0 Å². The van der Waals surface area contributed by atoms with Crippen LogP contribution in [0.3, 0.4) is 0 Å². The minimum absolute atomic E-state index is 0.316. The fraction of sp³-hybridized carbons (Fsp3) is 0.0588. The summed E-state index contributed by atoms with van der Waals surface area (Å²) in [6.45, 7) is 1.11. The Labute approximate surface area is 142 Å². The number of aromatic nitrogens is 1. The van der Waals surface area contributed by atoms with Gasteiger partial charge in [0.15, 0.2) is 23.2 Å². The smallest absolute Gasteiger partial charge is 0.341 e. The zero-order chi connectivity index (χ0) is 19.3. The number of rotatable bonds is 2. The Kier molecular flexibility index (Phi) is 3.94. The molecule has 0 fully saturated rings. The quantitative estimate of drug-likeness (QED) is 0.682. The maximum Gasteiger partial charge on any atom is 0.341 e. The van der Waals surface area contributed by atoms with Crippen molar-refractivity contribution in [1.82, 2.24) is 4.57 Å². The molecule has 0 aliphatic rings. The number of carboxylic acids is 1. The van der Waals surface area contributed by atoms with Gasteiger partial charge in [0, 0.05) is 23.9 Å². The van der Waals surface area contributed by atoms with Crippen LogP contribution in [0.15, 0.2) is 29.2 Å². The molecule has 134 valence electrons. The van der Waals surface area contributed by atoms with E-state index in [1.54, 1.807) is 0 Å². The van der Waals surface area contributed by atoms with Crippen LogP contribution in [-0.4, -0.2) is 20.7 Å². The number of aryl methyl sites for hydroxylation is 1. The van der Waals surface area contributed by atoms with Gasteiger partial charge in [-0.3, -0.25) is 4.79 Å². The topological polar surface area (TPSA) is 79.5 Å². The van der Waals surface area contributed by atoms with Crippen molar-refractivity contribution < 1.29 is 32.6 Å². The van der Waals surface area contributed by atoms with Gasteiger partial charge in [-0.25, -0.2) is 22.4 Å². The zero-order valence-electron chi connectivity index (χ0n) is 13.0. The number of nitrogens with zero attached hydrogens (tertiary/aromatic N) is 1. The summed E-state index contributed by atoms with van der Waals surface area (Å²) in [5.74, 6) is -7.83. The number of hydrogen-bond donors (Lipinski definition) is 2. The Morgan fingerprint density at radius 3 is 2.31 bits per heavy atom. The summed E-state index contributed by atoms with van der Waals surface area (Å²) >= 11 is 0. The predicted molar refractivity (Wildman–Crippen MR) is 82.7 cm³/mol.